The van der Waals surface area contributed by atoms with E-state index in [2.05, 4.69) is 32.0 Å². The monoisotopic (exact) mass is 222 g/mol. The molecule has 1 rings (SSSR count). The zero-order valence-electron chi connectivity index (χ0n) is 10.8. The van der Waals surface area contributed by atoms with Crippen LogP contribution < -0.4 is 4.74 Å². The molecule has 0 saturated heterocycles. The first kappa shape index (κ1) is 13.0. The molecule has 0 heterocycles. The predicted octanol–water partition coefficient (Wildman–Crippen LogP) is 3.27. The van der Waals surface area contributed by atoms with Crippen LogP contribution in [0.25, 0.3) is 0 Å². The van der Waals surface area contributed by atoms with E-state index in [-0.39, 0.29) is 6.10 Å². The summed E-state index contributed by atoms with van der Waals surface area (Å²) in [5.74, 6) is 1.37. The Labute approximate surface area is 98.3 Å². The van der Waals surface area contributed by atoms with Crippen LogP contribution in [0, 0.1) is 6.92 Å². The molecule has 1 aromatic carbocycles. The van der Waals surface area contributed by atoms with Gasteiger partial charge in [-0.15, -0.1) is 0 Å². The largest absolute Gasteiger partial charge is 0.488 e. The molecule has 16 heavy (non-hydrogen) atoms. The maximum Gasteiger partial charge on any atom is 0.123 e. The van der Waals surface area contributed by atoms with Gasteiger partial charge in [-0.25, -0.2) is 0 Å². The van der Waals surface area contributed by atoms with Gasteiger partial charge in [0, 0.05) is 0 Å². The van der Waals surface area contributed by atoms with E-state index in [9.17, 15) is 5.11 Å². The van der Waals surface area contributed by atoms with Gasteiger partial charge in [-0.1, -0.05) is 26.0 Å². The minimum atomic E-state index is -0.456. The van der Waals surface area contributed by atoms with Gasteiger partial charge < -0.3 is 9.84 Å². The second-order valence-corrected chi connectivity index (χ2v) is 4.74. The number of rotatable bonds is 4. The highest BCUT2D eigenvalue weighted by Crippen LogP contribution is 2.25. The molecule has 0 saturated carbocycles. The normalized spacial score (nSPS) is 14.9. The Bertz CT molecular complexity index is 343. The van der Waals surface area contributed by atoms with Crippen LogP contribution in [0.2, 0.25) is 0 Å². The lowest BCUT2D eigenvalue weighted by Gasteiger charge is -2.20. The molecule has 2 unspecified atom stereocenters. The number of hydrogen-bond acceptors (Lipinski definition) is 2. The average molecular weight is 222 g/mol. The third-order valence-corrected chi connectivity index (χ3v) is 2.87. The van der Waals surface area contributed by atoms with E-state index in [1.165, 1.54) is 5.56 Å². The summed E-state index contributed by atoms with van der Waals surface area (Å²) in [6.45, 7) is 9.96. The highest BCUT2D eigenvalue weighted by Gasteiger charge is 2.12. The molecule has 2 nitrogen and oxygen atoms in total. The second kappa shape index (κ2) is 5.35. The molecule has 0 bridgehead atoms. The summed E-state index contributed by atoms with van der Waals surface area (Å²) in [7, 11) is 0. The van der Waals surface area contributed by atoms with Gasteiger partial charge in [0.05, 0.1) is 6.10 Å². The number of benzene rings is 1. The molecular weight excluding hydrogens is 200 g/mol. The Morgan fingerprint density at radius 1 is 1.12 bits per heavy atom. The minimum Gasteiger partial charge on any atom is -0.488 e. The molecular formula is C14H22O2. The van der Waals surface area contributed by atoms with E-state index in [1.54, 1.807) is 6.92 Å². The van der Waals surface area contributed by atoms with Crippen LogP contribution in [0.5, 0.6) is 5.75 Å². The van der Waals surface area contributed by atoms with Gasteiger partial charge in [0.25, 0.3) is 0 Å². The predicted molar refractivity (Wildman–Crippen MR) is 67.0 cm³/mol. The van der Waals surface area contributed by atoms with Crippen LogP contribution in [-0.2, 0) is 0 Å². The molecule has 90 valence electrons. The van der Waals surface area contributed by atoms with Crippen molar-refractivity contribution in [2.75, 3.05) is 0 Å². The van der Waals surface area contributed by atoms with Crippen LogP contribution >= 0.6 is 0 Å². The van der Waals surface area contributed by atoms with E-state index >= 15 is 0 Å². The molecule has 0 aliphatic heterocycles. The number of hydrogen-bond donors (Lipinski definition) is 1. The van der Waals surface area contributed by atoms with Crippen molar-refractivity contribution in [1.82, 2.24) is 0 Å². The zero-order chi connectivity index (χ0) is 12.3. The topological polar surface area (TPSA) is 29.5 Å². The van der Waals surface area contributed by atoms with Crippen LogP contribution in [0.1, 0.15) is 44.7 Å². The lowest BCUT2D eigenvalue weighted by atomic mass is 10.0. The number of aliphatic hydroxyl groups excluding tert-OH is 1. The molecule has 2 atom stereocenters. The van der Waals surface area contributed by atoms with Crippen molar-refractivity contribution in [3.63, 3.8) is 0 Å². The van der Waals surface area contributed by atoms with Gasteiger partial charge in [-0.3, -0.25) is 0 Å². The van der Waals surface area contributed by atoms with Crippen LogP contribution in [-0.4, -0.2) is 17.3 Å². The van der Waals surface area contributed by atoms with Crippen molar-refractivity contribution in [3.05, 3.63) is 29.3 Å². The van der Waals surface area contributed by atoms with Crippen LogP contribution in [0.15, 0.2) is 18.2 Å². The number of ether oxygens (including phenoxy) is 1. The minimum absolute atomic E-state index is 0.180. The summed E-state index contributed by atoms with van der Waals surface area (Å²) in [6.07, 6.45) is -0.636. The first-order chi connectivity index (χ1) is 7.41. The Kier molecular flexibility index (Phi) is 4.36. The Morgan fingerprint density at radius 3 is 2.25 bits per heavy atom. The van der Waals surface area contributed by atoms with Crippen molar-refractivity contribution >= 4 is 0 Å². The van der Waals surface area contributed by atoms with Gasteiger partial charge in [0.15, 0.2) is 0 Å². The van der Waals surface area contributed by atoms with E-state index < -0.39 is 6.10 Å². The molecule has 0 aliphatic rings. The van der Waals surface area contributed by atoms with Gasteiger partial charge >= 0.3 is 0 Å². The van der Waals surface area contributed by atoms with Gasteiger partial charge in [0.1, 0.15) is 11.9 Å². The Morgan fingerprint density at radius 2 is 1.75 bits per heavy atom. The third-order valence-electron chi connectivity index (χ3n) is 2.87. The summed E-state index contributed by atoms with van der Waals surface area (Å²) >= 11 is 0. The lowest BCUT2D eigenvalue weighted by molar-refractivity contribution is 0.0599. The van der Waals surface area contributed by atoms with E-state index in [1.807, 2.05) is 13.8 Å². The fourth-order valence-corrected chi connectivity index (χ4v) is 1.40. The van der Waals surface area contributed by atoms with Gasteiger partial charge in [-0.05, 0) is 43.9 Å². The zero-order valence-corrected chi connectivity index (χ0v) is 10.8. The maximum absolute atomic E-state index is 9.43. The summed E-state index contributed by atoms with van der Waals surface area (Å²) in [5, 5.41) is 9.43. The van der Waals surface area contributed by atoms with Crippen LogP contribution in [0.4, 0.5) is 0 Å². The first-order valence-corrected chi connectivity index (χ1v) is 5.87. The second-order valence-electron chi connectivity index (χ2n) is 4.74. The number of aliphatic hydroxyl groups is 1. The fourth-order valence-electron chi connectivity index (χ4n) is 1.40. The third kappa shape index (κ3) is 3.24. The molecule has 1 aromatic rings. The lowest BCUT2D eigenvalue weighted by Crippen LogP contribution is -2.25. The Balaban J connectivity index is 2.90. The molecule has 1 N–H and O–H groups in total. The molecule has 0 amide bonds. The quantitative estimate of drug-likeness (QED) is 0.847. The summed E-state index contributed by atoms with van der Waals surface area (Å²) < 4.78 is 5.75. The molecule has 0 aromatic heterocycles. The summed E-state index contributed by atoms with van der Waals surface area (Å²) in [5.41, 5.74) is 2.37. The molecule has 0 aliphatic carbocycles. The SMILES string of the molecule is Cc1ccc(C(C)C)cc1OC(C)C(C)O. The molecule has 0 radical (unpaired) electrons. The Hall–Kier alpha value is -1.02. The van der Waals surface area contributed by atoms with Crippen molar-refractivity contribution < 1.29 is 9.84 Å². The molecule has 2 heteroatoms. The van der Waals surface area contributed by atoms with E-state index in [0.29, 0.717) is 5.92 Å². The summed E-state index contributed by atoms with van der Waals surface area (Å²) in [6, 6.07) is 6.26. The smallest absolute Gasteiger partial charge is 0.123 e. The average Bonchev–Trinajstić information content (AvgIpc) is 2.20. The van der Waals surface area contributed by atoms with E-state index in [0.717, 1.165) is 11.3 Å². The van der Waals surface area contributed by atoms with Gasteiger partial charge in [0.2, 0.25) is 0 Å². The van der Waals surface area contributed by atoms with Crippen molar-refractivity contribution in [2.45, 2.75) is 52.7 Å². The standard InChI is InChI=1S/C14H22O2/c1-9(2)13-7-6-10(3)14(8-13)16-12(5)11(4)15/h6-9,11-12,15H,1-5H3. The summed E-state index contributed by atoms with van der Waals surface area (Å²) in [4.78, 5) is 0. The van der Waals surface area contributed by atoms with Crippen LogP contribution in [0.3, 0.4) is 0 Å². The van der Waals surface area contributed by atoms with Crippen molar-refractivity contribution in [1.29, 1.82) is 0 Å². The van der Waals surface area contributed by atoms with E-state index in [4.69, 9.17) is 4.74 Å². The van der Waals surface area contributed by atoms with Crippen molar-refractivity contribution in [3.8, 4) is 5.75 Å². The first-order valence-electron chi connectivity index (χ1n) is 5.87. The van der Waals surface area contributed by atoms with Gasteiger partial charge in [-0.2, -0.15) is 0 Å². The maximum atomic E-state index is 9.43. The molecule has 0 fully saturated rings. The highest BCUT2D eigenvalue weighted by molar-refractivity contribution is 5.37. The van der Waals surface area contributed by atoms with Crippen molar-refractivity contribution in [2.24, 2.45) is 0 Å². The number of aryl methyl sites for hydroxylation is 1. The fraction of sp³-hybridized carbons (Fsp3) is 0.571. The molecule has 0 spiro atoms. The highest BCUT2D eigenvalue weighted by atomic mass is 16.5.